The number of hydrogen-bond donors (Lipinski definition) is 2. The van der Waals surface area contributed by atoms with E-state index in [4.69, 9.17) is 5.73 Å². The van der Waals surface area contributed by atoms with Gasteiger partial charge in [0.15, 0.2) is 0 Å². The zero-order valence-corrected chi connectivity index (χ0v) is 9.03. The molecule has 0 saturated heterocycles. The summed E-state index contributed by atoms with van der Waals surface area (Å²) < 4.78 is 0. The van der Waals surface area contributed by atoms with Gasteiger partial charge < -0.3 is 10.8 Å². The predicted octanol–water partition coefficient (Wildman–Crippen LogP) is 1.77. The first-order valence-electron chi connectivity index (χ1n) is 5.46. The third kappa shape index (κ3) is 2.68. The van der Waals surface area contributed by atoms with E-state index in [2.05, 4.69) is 13.8 Å². The molecule has 3 N–H and O–H groups in total. The van der Waals surface area contributed by atoms with E-state index in [9.17, 15) is 5.11 Å². The molecule has 0 bridgehead atoms. The van der Waals surface area contributed by atoms with E-state index in [-0.39, 0.29) is 12.1 Å². The van der Waals surface area contributed by atoms with E-state index < -0.39 is 0 Å². The number of aliphatic hydroxyl groups is 1. The molecule has 0 heterocycles. The van der Waals surface area contributed by atoms with Crippen LogP contribution in [-0.2, 0) is 0 Å². The molecule has 0 aromatic carbocycles. The van der Waals surface area contributed by atoms with Crippen molar-refractivity contribution in [1.82, 2.24) is 0 Å². The van der Waals surface area contributed by atoms with E-state index in [1.165, 1.54) is 6.42 Å². The van der Waals surface area contributed by atoms with Crippen molar-refractivity contribution >= 4 is 0 Å². The van der Waals surface area contributed by atoms with Crippen LogP contribution in [0.5, 0.6) is 0 Å². The highest BCUT2D eigenvalue weighted by molar-refractivity contribution is 4.83. The Balaban J connectivity index is 2.45. The van der Waals surface area contributed by atoms with Crippen molar-refractivity contribution < 1.29 is 5.11 Å². The second-order valence-corrected chi connectivity index (χ2v) is 4.88. The van der Waals surface area contributed by atoms with Gasteiger partial charge in [0, 0.05) is 6.04 Å². The summed E-state index contributed by atoms with van der Waals surface area (Å²) >= 11 is 0. The van der Waals surface area contributed by atoms with Gasteiger partial charge in [0.2, 0.25) is 0 Å². The molecule has 0 aromatic heterocycles. The van der Waals surface area contributed by atoms with Crippen LogP contribution in [-0.4, -0.2) is 17.3 Å². The molecule has 0 radical (unpaired) electrons. The molecular formula is C11H23NO. The average molecular weight is 185 g/mol. The number of aliphatic hydroxyl groups excluding tert-OH is 1. The van der Waals surface area contributed by atoms with Gasteiger partial charge in [-0.1, -0.05) is 20.3 Å². The van der Waals surface area contributed by atoms with Gasteiger partial charge in [-0.2, -0.15) is 0 Å². The van der Waals surface area contributed by atoms with Gasteiger partial charge >= 0.3 is 0 Å². The minimum atomic E-state index is -0.296. The molecule has 1 fully saturated rings. The van der Waals surface area contributed by atoms with Crippen molar-refractivity contribution in [1.29, 1.82) is 0 Å². The zero-order chi connectivity index (χ0) is 10.0. The molecule has 5 unspecified atom stereocenters. The van der Waals surface area contributed by atoms with Crippen LogP contribution in [0.1, 0.15) is 40.0 Å². The largest absolute Gasteiger partial charge is 0.391 e. The standard InChI is InChI=1S/C11H23NO/c1-7-4-5-10(6-8(7)2)11(13)9(3)12/h7-11,13H,4-6,12H2,1-3H3. The van der Waals surface area contributed by atoms with Crippen LogP contribution in [0.25, 0.3) is 0 Å². The molecule has 1 aliphatic rings. The van der Waals surface area contributed by atoms with Crippen molar-refractivity contribution in [2.45, 2.75) is 52.2 Å². The lowest BCUT2D eigenvalue weighted by Gasteiger charge is -2.35. The van der Waals surface area contributed by atoms with Crippen molar-refractivity contribution in [2.75, 3.05) is 0 Å². The van der Waals surface area contributed by atoms with Crippen LogP contribution in [0.3, 0.4) is 0 Å². The number of hydrogen-bond acceptors (Lipinski definition) is 2. The summed E-state index contributed by atoms with van der Waals surface area (Å²) in [6, 6.07) is -0.0781. The quantitative estimate of drug-likeness (QED) is 0.688. The molecule has 2 nitrogen and oxygen atoms in total. The van der Waals surface area contributed by atoms with E-state index in [0.29, 0.717) is 5.92 Å². The van der Waals surface area contributed by atoms with Crippen molar-refractivity contribution in [3.05, 3.63) is 0 Å². The molecule has 13 heavy (non-hydrogen) atoms. The first-order valence-corrected chi connectivity index (χ1v) is 5.46. The van der Waals surface area contributed by atoms with Crippen LogP contribution in [0.15, 0.2) is 0 Å². The maximum Gasteiger partial charge on any atom is 0.0716 e. The van der Waals surface area contributed by atoms with Gasteiger partial charge in [0.05, 0.1) is 6.10 Å². The number of nitrogens with two attached hydrogens (primary N) is 1. The van der Waals surface area contributed by atoms with Crippen LogP contribution in [0.4, 0.5) is 0 Å². The summed E-state index contributed by atoms with van der Waals surface area (Å²) in [5.74, 6) is 2.00. The third-order valence-corrected chi connectivity index (χ3v) is 3.66. The molecule has 1 aliphatic carbocycles. The van der Waals surface area contributed by atoms with Crippen molar-refractivity contribution in [2.24, 2.45) is 23.5 Å². The minimum absolute atomic E-state index is 0.0781. The summed E-state index contributed by atoms with van der Waals surface area (Å²) in [6.07, 6.45) is 3.24. The molecular weight excluding hydrogens is 162 g/mol. The fraction of sp³-hybridized carbons (Fsp3) is 1.00. The second kappa shape index (κ2) is 4.43. The van der Waals surface area contributed by atoms with Gasteiger partial charge in [-0.15, -0.1) is 0 Å². The van der Waals surface area contributed by atoms with Crippen LogP contribution >= 0.6 is 0 Å². The van der Waals surface area contributed by atoms with Gasteiger partial charge in [-0.25, -0.2) is 0 Å². The maximum atomic E-state index is 9.83. The Bertz CT molecular complexity index is 158. The lowest BCUT2D eigenvalue weighted by Crippen LogP contribution is -2.40. The van der Waals surface area contributed by atoms with E-state index in [0.717, 1.165) is 24.7 Å². The van der Waals surface area contributed by atoms with Gasteiger partial charge in [-0.3, -0.25) is 0 Å². The van der Waals surface area contributed by atoms with E-state index >= 15 is 0 Å². The van der Waals surface area contributed by atoms with Crippen LogP contribution in [0.2, 0.25) is 0 Å². The summed E-state index contributed by atoms with van der Waals surface area (Å²) in [4.78, 5) is 0. The van der Waals surface area contributed by atoms with Gasteiger partial charge in [0.25, 0.3) is 0 Å². The molecule has 0 spiro atoms. The van der Waals surface area contributed by atoms with E-state index in [1.807, 2.05) is 6.92 Å². The molecule has 0 aromatic rings. The second-order valence-electron chi connectivity index (χ2n) is 4.88. The highest BCUT2D eigenvalue weighted by atomic mass is 16.3. The third-order valence-electron chi connectivity index (χ3n) is 3.66. The smallest absolute Gasteiger partial charge is 0.0716 e. The zero-order valence-electron chi connectivity index (χ0n) is 9.03. The molecule has 5 atom stereocenters. The molecule has 1 saturated carbocycles. The van der Waals surface area contributed by atoms with Crippen molar-refractivity contribution in [3.8, 4) is 0 Å². The fourth-order valence-corrected chi connectivity index (χ4v) is 2.33. The van der Waals surface area contributed by atoms with Gasteiger partial charge in [-0.05, 0) is 37.5 Å². The summed E-state index contributed by atoms with van der Waals surface area (Å²) in [6.45, 7) is 6.48. The molecule has 78 valence electrons. The lowest BCUT2D eigenvalue weighted by atomic mass is 9.73. The molecule has 1 rings (SSSR count). The Morgan fingerprint density at radius 2 is 1.85 bits per heavy atom. The molecule has 2 heteroatoms. The Morgan fingerprint density at radius 3 is 2.31 bits per heavy atom. The normalized spacial score (nSPS) is 39.9. The Morgan fingerprint density at radius 1 is 1.23 bits per heavy atom. The van der Waals surface area contributed by atoms with Crippen LogP contribution in [0, 0.1) is 17.8 Å². The summed E-state index contributed by atoms with van der Waals surface area (Å²) in [5, 5.41) is 9.83. The first-order chi connectivity index (χ1) is 6.02. The van der Waals surface area contributed by atoms with Gasteiger partial charge in [0.1, 0.15) is 0 Å². The van der Waals surface area contributed by atoms with E-state index in [1.54, 1.807) is 0 Å². The van der Waals surface area contributed by atoms with Crippen LogP contribution < -0.4 is 5.73 Å². The highest BCUT2D eigenvalue weighted by Crippen LogP contribution is 2.35. The summed E-state index contributed by atoms with van der Waals surface area (Å²) in [5.41, 5.74) is 5.70. The SMILES string of the molecule is CC(N)C(O)C1CCC(C)C(C)C1. The highest BCUT2D eigenvalue weighted by Gasteiger charge is 2.30. The van der Waals surface area contributed by atoms with Crippen molar-refractivity contribution in [3.63, 3.8) is 0 Å². The monoisotopic (exact) mass is 185 g/mol. The number of rotatable bonds is 2. The fourth-order valence-electron chi connectivity index (χ4n) is 2.33. The topological polar surface area (TPSA) is 46.2 Å². The Labute approximate surface area is 81.5 Å². The predicted molar refractivity (Wildman–Crippen MR) is 55.3 cm³/mol. The lowest BCUT2D eigenvalue weighted by molar-refractivity contribution is 0.0425. The Hall–Kier alpha value is -0.0800. The maximum absolute atomic E-state index is 9.83. The minimum Gasteiger partial charge on any atom is -0.391 e. The molecule has 0 aliphatic heterocycles. The molecule has 0 amide bonds. The first kappa shape index (κ1) is 11.0. The Kier molecular flexibility index (Phi) is 3.74. The summed E-state index contributed by atoms with van der Waals surface area (Å²) in [7, 11) is 0. The average Bonchev–Trinajstić information content (AvgIpc) is 2.08.